The molecule has 2 aromatic rings. The third-order valence-corrected chi connectivity index (χ3v) is 3.97. The second-order valence-electron chi connectivity index (χ2n) is 4.83. The molecular weight excluding hydrogens is 260 g/mol. The van der Waals surface area contributed by atoms with E-state index in [9.17, 15) is 0 Å². The predicted molar refractivity (Wildman–Crippen MR) is 74.3 cm³/mol. The first-order chi connectivity index (χ1) is 9.27. The summed E-state index contributed by atoms with van der Waals surface area (Å²) in [5.74, 6) is 1.33. The van der Waals surface area contributed by atoms with Gasteiger partial charge < -0.3 is 4.74 Å². The predicted octanol–water partition coefficient (Wildman–Crippen LogP) is 2.60. The molecule has 0 radical (unpaired) electrons. The van der Waals surface area contributed by atoms with Crippen LogP contribution in [-0.2, 0) is 4.74 Å². The van der Waals surface area contributed by atoms with Gasteiger partial charge in [-0.1, -0.05) is 0 Å². The van der Waals surface area contributed by atoms with Gasteiger partial charge in [0.05, 0.1) is 6.61 Å². The number of aromatic amines is 1. The van der Waals surface area contributed by atoms with Crippen LogP contribution < -0.4 is 0 Å². The highest BCUT2D eigenvalue weighted by atomic mass is 32.1. The van der Waals surface area contributed by atoms with Gasteiger partial charge in [-0.2, -0.15) is 5.10 Å². The van der Waals surface area contributed by atoms with E-state index in [0.717, 1.165) is 31.0 Å². The van der Waals surface area contributed by atoms with Gasteiger partial charge in [-0.25, -0.2) is 0 Å². The minimum atomic E-state index is 0.268. The molecule has 5 nitrogen and oxygen atoms in total. The third kappa shape index (κ3) is 2.33. The molecule has 0 aliphatic carbocycles. The highest BCUT2D eigenvalue weighted by Crippen LogP contribution is 2.29. The van der Waals surface area contributed by atoms with Crippen molar-refractivity contribution in [2.45, 2.75) is 19.4 Å². The summed E-state index contributed by atoms with van der Waals surface area (Å²) < 4.78 is 8.20. The van der Waals surface area contributed by atoms with E-state index in [-0.39, 0.29) is 6.04 Å². The van der Waals surface area contributed by atoms with Gasteiger partial charge in [0.25, 0.3) is 0 Å². The van der Waals surface area contributed by atoms with Gasteiger partial charge in [-0.3, -0.25) is 14.6 Å². The monoisotopic (exact) mass is 276 g/mol. The van der Waals surface area contributed by atoms with E-state index in [0.29, 0.717) is 10.7 Å². The van der Waals surface area contributed by atoms with Gasteiger partial charge in [0.15, 0.2) is 10.6 Å². The van der Waals surface area contributed by atoms with Gasteiger partial charge in [0.2, 0.25) is 0 Å². The lowest BCUT2D eigenvalue weighted by molar-refractivity contribution is 0.175. The molecule has 1 aliphatic heterocycles. The van der Waals surface area contributed by atoms with Crippen LogP contribution in [0.25, 0.3) is 11.4 Å². The molecule has 19 heavy (non-hydrogen) atoms. The van der Waals surface area contributed by atoms with Crippen molar-refractivity contribution in [3.8, 4) is 11.4 Å². The number of rotatable bonds is 3. The van der Waals surface area contributed by atoms with Crippen LogP contribution in [0.15, 0.2) is 24.5 Å². The van der Waals surface area contributed by atoms with Crippen LogP contribution in [-0.4, -0.2) is 33.0 Å². The number of hydrogen-bond donors (Lipinski definition) is 1. The van der Waals surface area contributed by atoms with Crippen LogP contribution in [0, 0.1) is 10.7 Å². The number of hydrogen-bond acceptors (Lipinski definition) is 4. The Labute approximate surface area is 116 Å². The number of aromatic nitrogens is 4. The molecule has 1 saturated heterocycles. The SMILES string of the molecule is CC(C1CCOC1)n1c(-c2cccnc2)n[nH]c1=S. The van der Waals surface area contributed by atoms with E-state index in [1.807, 2.05) is 12.1 Å². The summed E-state index contributed by atoms with van der Waals surface area (Å²) in [5.41, 5.74) is 0.973. The summed E-state index contributed by atoms with van der Waals surface area (Å²) in [5, 5.41) is 7.23. The Morgan fingerprint density at radius 1 is 1.58 bits per heavy atom. The molecule has 3 heterocycles. The minimum absolute atomic E-state index is 0.268. The third-order valence-electron chi connectivity index (χ3n) is 3.68. The molecule has 0 spiro atoms. The van der Waals surface area contributed by atoms with Crippen molar-refractivity contribution >= 4 is 12.2 Å². The van der Waals surface area contributed by atoms with Crippen molar-refractivity contribution in [2.75, 3.05) is 13.2 Å². The number of H-pyrrole nitrogens is 1. The zero-order valence-electron chi connectivity index (χ0n) is 10.7. The molecule has 0 bridgehead atoms. The fraction of sp³-hybridized carbons (Fsp3) is 0.462. The number of ether oxygens (including phenoxy) is 1. The molecule has 6 heteroatoms. The summed E-state index contributed by atoms with van der Waals surface area (Å²) >= 11 is 5.37. The van der Waals surface area contributed by atoms with Crippen molar-refractivity contribution in [1.82, 2.24) is 19.7 Å². The Hall–Kier alpha value is -1.53. The van der Waals surface area contributed by atoms with Crippen LogP contribution in [0.2, 0.25) is 0 Å². The lowest BCUT2D eigenvalue weighted by atomic mass is 10.0. The smallest absolute Gasteiger partial charge is 0.195 e. The minimum Gasteiger partial charge on any atom is -0.381 e. The van der Waals surface area contributed by atoms with Crippen LogP contribution in [0.1, 0.15) is 19.4 Å². The Morgan fingerprint density at radius 3 is 3.16 bits per heavy atom. The Morgan fingerprint density at radius 2 is 2.47 bits per heavy atom. The zero-order chi connectivity index (χ0) is 13.2. The summed E-state index contributed by atoms with van der Waals surface area (Å²) in [6.07, 6.45) is 4.63. The maximum absolute atomic E-state index is 5.47. The second kappa shape index (κ2) is 5.22. The molecule has 1 N–H and O–H groups in total. The normalized spacial score (nSPS) is 20.6. The molecule has 0 saturated carbocycles. The average Bonchev–Trinajstić information content (AvgIpc) is 3.08. The molecule has 0 aromatic carbocycles. The number of nitrogens with zero attached hydrogens (tertiary/aromatic N) is 3. The molecule has 1 aliphatic rings. The maximum Gasteiger partial charge on any atom is 0.195 e. The van der Waals surface area contributed by atoms with Gasteiger partial charge in [0.1, 0.15) is 0 Å². The highest BCUT2D eigenvalue weighted by molar-refractivity contribution is 7.71. The molecule has 2 unspecified atom stereocenters. The van der Waals surface area contributed by atoms with Crippen LogP contribution in [0.3, 0.4) is 0 Å². The molecule has 3 rings (SSSR count). The summed E-state index contributed by atoms with van der Waals surface area (Å²) in [7, 11) is 0. The van der Waals surface area contributed by atoms with Crippen LogP contribution in [0.5, 0.6) is 0 Å². The Balaban J connectivity index is 2.01. The van der Waals surface area contributed by atoms with Crippen LogP contribution in [0.4, 0.5) is 0 Å². The van der Waals surface area contributed by atoms with E-state index in [1.165, 1.54) is 0 Å². The van der Waals surface area contributed by atoms with Crippen molar-refractivity contribution in [2.24, 2.45) is 5.92 Å². The largest absolute Gasteiger partial charge is 0.381 e. The van der Waals surface area contributed by atoms with Gasteiger partial charge in [-0.15, -0.1) is 0 Å². The topological polar surface area (TPSA) is 55.7 Å². The van der Waals surface area contributed by atoms with Crippen molar-refractivity contribution in [1.29, 1.82) is 0 Å². The van der Waals surface area contributed by atoms with Crippen LogP contribution >= 0.6 is 12.2 Å². The first-order valence-corrected chi connectivity index (χ1v) is 6.83. The molecule has 1 fully saturated rings. The quantitative estimate of drug-likeness (QED) is 0.876. The molecular formula is C13H16N4OS. The lowest BCUT2D eigenvalue weighted by Crippen LogP contribution is -2.18. The standard InChI is InChI=1S/C13H16N4OS/c1-9(11-4-6-18-8-11)17-12(15-16-13(17)19)10-3-2-5-14-7-10/h2-3,5,7,9,11H,4,6,8H2,1H3,(H,16,19). The molecule has 0 amide bonds. The molecule has 2 atom stereocenters. The Kier molecular flexibility index (Phi) is 3.44. The van der Waals surface area contributed by atoms with Gasteiger partial charge in [-0.05, 0) is 37.7 Å². The highest BCUT2D eigenvalue weighted by Gasteiger charge is 2.26. The molecule has 2 aromatic heterocycles. The zero-order valence-corrected chi connectivity index (χ0v) is 11.6. The fourth-order valence-corrected chi connectivity index (χ4v) is 2.82. The summed E-state index contributed by atoms with van der Waals surface area (Å²) in [6.45, 7) is 3.80. The van der Waals surface area contributed by atoms with E-state index in [1.54, 1.807) is 12.4 Å². The van der Waals surface area contributed by atoms with Gasteiger partial charge >= 0.3 is 0 Å². The summed E-state index contributed by atoms with van der Waals surface area (Å²) in [4.78, 5) is 4.14. The molecule has 100 valence electrons. The van der Waals surface area contributed by atoms with Crippen molar-refractivity contribution < 1.29 is 4.74 Å². The second-order valence-corrected chi connectivity index (χ2v) is 5.22. The van der Waals surface area contributed by atoms with E-state index < -0.39 is 0 Å². The number of pyridine rings is 1. The maximum atomic E-state index is 5.47. The van der Waals surface area contributed by atoms with E-state index >= 15 is 0 Å². The lowest BCUT2D eigenvalue weighted by Gasteiger charge is -2.20. The van der Waals surface area contributed by atoms with E-state index in [4.69, 9.17) is 17.0 Å². The fourth-order valence-electron chi connectivity index (χ4n) is 2.53. The van der Waals surface area contributed by atoms with Crippen molar-refractivity contribution in [3.05, 3.63) is 29.3 Å². The van der Waals surface area contributed by atoms with Crippen molar-refractivity contribution in [3.63, 3.8) is 0 Å². The number of nitrogens with one attached hydrogen (secondary N) is 1. The first-order valence-electron chi connectivity index (χ1n) is 6.42. The van der Waals surface area contributed by atoms with E-state index in [2.05, 4.69) is 26.7 Å². The Bertz CT molecular complexity index is 601. The summed E-state index contributed by atoms with van der Waals surface area (Å²) in [6, 6.07) is 4.16. The first kappa shape index (κ1) is 12.5. The van der Waals surface area contributed by atoms with Gasteiger partial charge in [0, 0.05) is 36.5 Å². The average molecular weight is 276 g/mol.